The third-order valence-corrected chi connectivity index (χ3v) is 2.59. The van der Waals surface area contributed by atoms with Gasteiger partial charge in [-0.2, -0.15) is 0 Å². The lowest BCUT2D eigenvalue weighted by molar-refractivity contribution is -0.111. The van der Waals surface area contributed by atoms with Crippen molar-refractivity contribution in [2.75, 3.05) is 11.1 Å². The van der Waals surface area contributed by atoms with Gasteiger partial charge in [0.25, 0.3) is 0 Å². The number of hydrogen-bond acceptors (Lipinski definition) is 3. The summed E-state index contributed by atoms with van der Waals surface area (Å²) in [6, 6.07) is 11.0. The molecule has 0 spiro atoms. The fraction of sp³-hybridized carbons (Fsp3) is 0.0667. The first-order chi connectivity index (χ1) is 9.15. The number of nitrogens with one attached hydrogen (secondary N) is 1. The summed E-state index contributed by atoms with van der Waals surface area (Å²) in [5.41, 5.74) is 8.14. The Kier molecular flexibility index (Phi) is 3.93. The smallest absolute Gasteiger partial charge is 0.249 e. The van der Waals surface area contributed by atoms with Gasteiger partial charge in [0.1, 0.15) is 5.82 Å². The van der Waals surface area contributed by atoms with Crippen molar-refractivity contribution in [3.63, 3.8) is 0 Å². The first kappa shape index (κ1) is 12.8. The van der Waals surface area contributed by atoms with Gasteiger partial charge in [0, 0.05) is 18.0 Å². The van der Waals surface area contributed by atoms with E-state index in [1.165, 1.54) is 6.08 Å². The van der Waals surface area contributed by atoms with E-state index in [2.05, 4.69) is 10.3 Å². The van der Waals surface area contributed by atoms with Crippen molar-refractivity contribution in [2.24, 2.45) is 0 Å². The van der Waals surface area contributed by atoms with E-state index in [0.717, 1.165) is 11.1 Å². The molecule has 0 atom stereocenters. The number of pyridine rings is 1. The number of carbonyl (C=O) groups is 1. The molecule has 0 aliphatic rings. The Morgan fingerprint density at radius 1 is 1.32 bits per heavy atom. The van der Waals surface area contributed by atoms with Crippen LogP contribution in [0.4, 0.5) is 11.5 Å². The predicted molar refractivity (Wildman–Crippen MR) is 77.5 cm³/mol. The maximum absolute atomic E-state index is 11.8. The molecule has 2 aromatic rings. The summed E-state index contributed by atoms with van der Waals surface area (Å²) in [5, 5.41) is 2.73. The number of aromatic nitrogens is 1. The number of anilines is 2. The van der Waals surface area contributed by atoms with Crippen LogP contribution in [0.1, 0.15) is 11.1 Å². The molecule has 3 N–H and O–H groups in total. The van der Waals surface area contributed by atoms with Crippen LogP contribution in [0.15, 0.2) is 48.7 Å². The summed E-state index contributed by atoms with van der Waals surface area (Å²) in [7, 11) is 0. The van der Waals surface area contributed by atoms with E-state index in [-0.39, 0.29) is 5.91 Å². The number of nitrogen functional groups attached to an aromatic ring is 1. The third-order valence-electron chi connectivity index (χ3n) is 2.59. The zero-order valence-corrected chi connectivity index (χ0v) is 10.6. The monoisotopic (exact) mass is 253 g/mol. The molecule has 0 radical (unpaired) electrons. The molecule has 96 valence electrons. The van der Waals surface area contributed by atoms with Crippen LogP contribution in [0.25, 0.3) is 6.08 Å². The lowest BCUT2D eigenvalue weighted by atomic mass is 10.2. The van der Waals surface area contributed by atoms with Crippen LogP contribution in [0.2, 0.25) is 0 Å². The highest BCUT2D eigenvalue weighted by molar-refractivity contribution is 6.01. The van der Waals surface area contributed by atoms with Crippen LogP contribution >= 0.6 is 0 Å². The Balaban J connectivity index is 2.04. The average molecular weight is 253 g/mol. The highest BCUT2D eigenvalue weighted by atomic mass is 16.1. The molecular formula is C15H15N3O. The van der Waals surface area contributed by atoms with Crippen molar-refractivity contribution in [1.82, 2.24) is 4.98 Å². The Bertz CT molecular complexity index is 620. The van der Waals surface area contributed by atoms with Gasteiger partial charge in [0.15, 0.2) is 0 Å². The molecule has 2 rings (SSSR count). The molecule has 4 nitrogen and oxygen atoms in total. The van der Waals surface area contributed by atoms with E-state index in [1.54, 1.807) is 24.4 Å². The quantitative estimate of drug-likeness (QED) is 0.652. The third kappa shape index (κ3) is 3.67. The van der Waals surface area contributed by atoms with E-state index >= 15 is 0 Å². The second-order valence-corrected chi connectivity index (χ2v) is 4.16. The minimum Gasteiger partial charge on any atom is -0.399 e. The van der Waals surface area contributed by atoms with Gasteiger partial charge in [-0.25, -0.2) is 4.98 Å². The SMILES string of the molecule is Cc1cccnc1NC(=O)/C=C/c1cccc(N)c1. The van der Waals surface area contributed by atoms with Gasteiger partial charge in [0.2, 0.25) is 5.91 Å². The summed E-state index contributed by atoms with van der Waals surface area (Å²) in [6.45, 7) is 1.89. The Hall–Kier alpha value is -2.62. The zero-order valence-electron chi connectivity index (χ0n) is 10.6. The predicted octanol–water partition coefficient (Wildman–Crippen LogP) is 2.62. The topological polar surface area (TPSA) is 68.0 Å². The van der Waals surface area contributed by atoms with Crippen LogP contribution in [0.5, 0.6) is 0 Å². The number of amides is 1. The molecule has 1 heterocycles. The highest BCUT2D eigenvalue weighted by Crippen LogP contribution is 2.10. The van der Waals surface area contributed by atoms with Crippen LogP contribution in [0.3, 0.4) is 0 Å². The lowest BCUT2D eigenvalue weighted by Crippen LogP contribution is -2.10. The lowest BCUT2D eigenvalue weighted by Gasteiger charge is -2.03. The van der Waals surface area contributed by atoms with Gasteiger partial charge in [-0.1, -0.05) is 18.2 Å². The standard InChI is InChI=1S/C15H15N3O/c1-11-4-3-9-17-15(11)18-14(19)8-7-12-5-2-6-13(16)10-12/h2-10H,16H2,1H3,(H,17,18,19)/b8-7+. The summed E-state index contributed by atoms with van der Waals surface area (Å²) in [5.74, 6) is 0.356. The molecule has 4 heteroatoms. The van der Waals surface area contributed by atoms with Crippen molar-refractivity contribution < 1.29 is 4.79 Å². The molecule has 19 heavy (non-hydrogen) atoms. The van der Waals surface area contributed by atoms with Gasteiger partial charge in [0.05, 0.1) is 0 Å². The normalized spacial score (nSPS) is 10.6. The Morgan fingerprint density at radius 2 is 2.16 bits per heavy atom. The minimum atomic E-state index is -0.218. The summed E-state index contributed by atoms with van der Waals surface area (Å²) < 4.78 is 0. The molecule has 1 amide bonds. The molecule has 0 unspecified atom stereocenters. The second kappa shape index (κ2) is 5.82. The molecule has 0 fully saturated rings. The number of nitrogens with two attached hydrogens (primary N) is 1. The number of nitrogens with zero attached hydrogens (tertiary/aromatic N) is 1. The van der Waals surface area contributed by atoms with E-state index in [9.17, 15) is 4.79 Å². The molecule has 0 saturated carbocycles. The summed E-state index contributed by atoms with van der Waals surface area (Å²) in [4.78, 5) is 15.9. The molecule has 0 aliphatic heterocycles. The van der Waals surface area contributed by atoms with E-state index in [0.29, 0.717) is 11.5 Å². The van der Waals surface area contributed by atoms with Gasteiger partial charge >= 0.3 is 0 Å². The van der Waals surface area contributed by atoms with Crippen LogP contribution < -0.4 is 11.1 Å². The van der Waals surface area contributed by atoms with Crippen molar-refractivity contribution in [2.45, 2.75) is 6.92 Å². The Labute approximate surface area is 112 Å². The maximum Gasteiger partial charge on any atom is 0.249 e. The van der Waals surface area contributed by atoms with Crippen LogP contribution in [-0.4, -0.2) is 10.9 Å². The summed E-state index contributed by atoms with van der Waals surface area (Å²) in [6.07, 6.45) is 4.82. The van der Waals surface area contributed by atoms with Gasteiger partial charge in [-0.3, -0.25) is 4.79 Å². The fourth-order valence-corrected chi connectivity index (χ4v) is 1.61. The van der Waals surface area contributed by atoms with Gasteiger partial charge in [-0.15, -0.1) is 0 Å². The second-order valence-electron chi connectivity index (χ2n) is 4.16. The van der Waals surface area contributed by atoms with Crippen molar-refractivity contribution in [3.05, 3.63) is 59.8 Å². The largest absolute Gasteiger partial charge is 0.399 e. The maximum atomic E-state index is 11.8. The van der Waals surface area contributed by atoms with E-state index in [1.807, 2.05) is 31.2 Å². The average Bonchev–Trinajstić information content (AvgIpc) is 2.39. The molecule has 0 saturated heterocycles. The first-order valence-electron chi connectivity index (χ1n) is 5.91. The van der Waals surface area contributed by atoms with E-state index < -0.39 is 0 Å². The van der Waals surface area contributed by atoms with E-state index in [4.69, 9.17) is 5.73 Å². The Morgan fingerprint density at radius 3 is 2.89 bits per heavy atom. The fourth-order valence-electron chi connectivity index (χ4n) is 1.61. The van der Waals surface area contributed by atoms with Crippen LogP contribution in [-0.2, 0) is 4.79 Å². The minimum absolute atomic E-state index is 0.218. The number of carbonyl (C=O) groups excluding carboxylic acids is 1. The molecule has 1 aromatic carbocycles. The summed E-state index contributed by atoms with van der Waals surface area (Å²) >= 11 is 0. The van der Waals surface area contributed by atoms with Crippen molar-refractivity contribution in [3.8, 4) is 0 Å². The van der Waals surface area contributed by atoms with Crippen LogP contribution in [0, 0.1) is 6.92 Å². The first-order valence-corrected chi connectivity index (χ1v) is 5.91. The molecule has 0 aliphatic carbocycles. The zero-order chi connectivity index (χ0) is 13.7. The molecule has 0 bridgehead atoms. The number of benzene rings is 1. The van der Waals surface area contributed by atoms with Gasteiger partial charge < -0.3 is 11.1 Å². The highest BCUT2D eigenvalue weighted by Gasteiger charge is 2.01. The van der Waals surface area contributed by atoms with Crippen molar-refractivity contribution >= 4 is 23.5 Å². The number of aryl methyl sites for hydroxylation is 1. The molecular weight excluding hydrogens is 238 g/mol. The molecule has 1 aromatic heterocycles. The number of hydrogen-bond donors (Lipinski definition) is 2. The van der Waals surface area contributed by atoms with Crippen molar-refractivity contribution in [1.29, 1.82) is 0 Å². The van der Waals surface area contributed by atoms with Gasteiger partial charge in [-0.05, 0) is 42.3 Å². The number of rotatable bonds is 3.